The van der Waals surface area contributed by atoms with Crippen LogP contribution in [0.15, 0.2) is 12.3 Å². The van der Waals surface area contributed by atoms with Gasteiger partial charge in [0, 0.05) is 11.0 Å². The zero-order valence-corrected chi connectivity index (χ0v) is 8.17. The predicted molar refractivity (Wildman–Crippen MR) is 47.3 cm³/mol. The Labute approximate surface area is 78.4 Å². The highest BCUT2D eigenvalue weighted by Crippen LogP contribution is 2.01. The highest BCUT2D eigenvalue weighted by atomic mass is 79.9. The summed E-state index contributed by atoms with van der Waals surface area (Å²) in [7, 11) is 0. The van der Waals surface area contributed by atoms with E-state index in [0.29, 0.717) is 12.3 Å². The van der Waals surface area contributed by atoms with Crippen molar-refractivity contribution in [3.8, 4) is 0 Å². The Hall–Kier alpha value is -0.840. The first kappa shape index (κ1) is 9.25. The van der Waals surface area contributed by atoms with E-state index in [1.807, 2.05) is 6.92 Å². The van der Waals surface area contributed by atoms with E-state index in [1.165, 1.54) is 6.20 Å². The summed E-state index contributed by atoms with van der Waals surface area (Å²) >= 11 is 3.26. The smallest absolute Gasteiger partial charge is 0.356 e. The van der Waals surface area contributed by atoms with Crippen LogP contribution in [0.25, 0.3) is 0 Å². The van der Waals surface area contributed by atoms with Gasteiger partial charge in [0.25, 0.3) is 0 Å². The Morgan fingerprint density at radius 2 is 2.67 bits per heavy atom. The third kappa shape index (κ3) is 2.65. The molecule has 0 aliphatic carbocycles. The Kier molecular flexibility index (Phi) is 3.28. The molecular formula is C7H9BrN2O2. The quantitative estimate of drug-likeness (QED) is 0.633. The fraction of sp³-hybridized carbons (Fsp3) is 0.429. The number of nitrogens with zero attached hydrogens (tertiary/aromatic N) is 1. The molecule has 1 aromatic heterocycles. The van der Waals surface area contributed by atoms with Crippen molar-refractivity contribution in [2.24, 2.45) is 0 Å². The van der Waals surface area contributed by atoms with E-state index in [4.69, 9.17) is 4.74 Å². The van der Waals surface area contributed by atoms with Crippen LogP contribution in [-0.4, -0.2) is 27.6 Å². The van der Waals surface area contributed by atoms with Gasteiger partial charge in [0.15, 0.2) is 0 Å². The van der Waals surface area contributed by atoms with Crippen LogP contribution in [0.2, 0.25) is 0 Å². The summed E-state index contributed by atoms with van der Waals surface area (Å²) in [4.78, 5) is 11.3. The molecular weight excluding hydrogens is 224 g/mol. The van der Waals surface area contributed by atoms with E-state index in [0.717, 1.165) is 0 Å². The van der Waals surface area contributed by atoms with Gasteiger partial charge in [-0.3, -0.25) is 5.10 Å². The van der Waals surface area contributed by atoms with Crippen molar-refractivity contribution in [2.75, 3.05) is 6.61 Å². The Bertz CT molecular complexity index is 246. The molecule has 1 aromatic rings. The van der Waals surface area contributed by atoms with E-state index >= 15 is 0 Å². The lowest BCUT2D eigenvalue weighted by molar-refractivity contribution is 0.0505. The topological polar surface area (TPSA) is 55.0 Å². The largest absolute Gasteiger partial charge is 0.460 e. The van der Waals surface area contributed by atoms with Crippen LogP contribution >= 0.6 is 15.9 Å². The molecule has 0 radical (unpaired) electrons. The normalized spacial score (nSPS) is 12.5. The molecule has 0 fully saturated rings. The summed E-state index contributed by atoms with van der Waals surface area (Å²) in [5.74, 6) is -0.376. The Morgan fingerprint density at radius 3 is 3.17 bits per heavy atom. The number of aromatic amines is 1. The summed E-state index contributed by atoms with van der Waals surface area (Å²) in [6.45, 7) is 2.26. The van der Waals surface area contributed by atoms with Gasteiger partial charge in [0.05, 0.1) is 0 Å². The molecule has 1 rings (SSSR count). The molecule has 0 saturated heterocycles. The molecule has 1 N–H and O–H groups in total. The first-order valence-electron chi connectivity index (χ1n) is 3.50. The molecule has 0 aromatic carbocycles. The second kappa shape index (κ2) is 4.25. The molecule has 1 heterocycles. The lowest BCUT2D eigenvalue weighted by Gasteiger charge is -2.03. The number of carbonyl (C=O) groups excluding carboxylic acids is 1. The van der Waals surface area contributed by atoms with Crippen molar-refractivity contribution in [2.45, 2.75) is 11.8 Å². The van der Waals surface area contributed by atoms with Gasteiger partial charge in [0.1, 0.15) is 12.3 Å². The fourth-order valence-electron chi connectivity index (χ4n) is 0.638. The van der Waals surface area contributed by atoms with Crippen LogP contribution in [0.5, 0.6) is 0 Å². The molecule has 1 atom stereocenters. The Morgan fingerprint density at radius 1 is 1.92 bits per heavy atom. The van der Waals surface area contributed by atoms with Crippen LogP contribution in [0.1, 0.15) is 17.4 Å². The number of esters is 1. The number of H-pyrrole nitrogens is 1. The molecule has 66 valence electrons. The number of alkyl halides is 1. The summed E-state index contributed by atoms with van der Waals surface area (Å²) < 4.78 is 4.89. The molecule has 12 heavy (non-hydrogen) atoms. The van der Waals surface area contributed by atoms with E-state index in [2.05, 4.69) is 26.1 Å². The van der Waals surface area contributed by atoms with Gasteiger partial charge >= 0.3 is 5.97 Å². The number of nitrogens with one attached hydrogen (secondary N) is 1. The lowest BCUT2D eigenvalue weighted by atomic mass is 10.4. The second-order valence-corrected chi connectivity index (χ2v) is 3.91. The molecule has 0 aliphatic heterocycles. The third-order valence-electron chi connectivity index (χ3n) is 1.16. The van der Waals surface area contributed by atoms with Crippen molar-refractivity contribution in [3.63, 3.8) is 0 Å². The van der Waals surface area contributed by atoms with Crippen molar-refractivity contribution in [1.29, 1.82) is 0 Å². The molecule has 1 unspecified atom stereocenters. The van der Waals surface area contributed by atoms with Crippen molar-refractivity contribution in [3.05, 3.63) is 18.0 Å². The fourth-order valence-corrected chi connectivity index (χ4v) is 0.770. The zero-order chi connectivity index (χ0) is 8.97. The molecule has 0 amide bonds. The third-order valence-corrected chi connectivity index (χ3v) is 1.43. The lowest BCUT2D eigenvalue weighted by Crippen LogP contribution is -2.11. The molecule has 5 heteroatoms. The monoisotopic (exact) mass is 232 g/mol. The van der Waals surface area contributed by atoms with Gasteiger partial charge in [-0.2, -0.15) is 5.10 Å². The number of hydrogen-bond donors (Lipinski definition) is 1. The Balaban J connectivity index is 2.40. The van der Waals surface area contributed by atoms with Crippen molar-refractivity contribution < 1.29 is 9.53 Å². The first-order valence-corrected chi connectivity index (χ1v) is 4.42. The SMILES string of the molecule is CC(Br)COC(=O)c1ccn[nH]1. The van der Waals surface area contributed by atoms with Gasteiger partial charge in [-0.25, -0.2) is 4.79 Å². The maximum absolute atomic E-state index is 11.1. The van der Waals surface area contributed by atoms with Gasteiger partial charge in [-0.05, 0) is 13.0 Å². The summed E-state index contributed by atoms with van der Waals surface area (Å²) in [6, 6.07) is 1.57. The minimum Gasteiger partial charge on any atom is -0.460 e. The summed E-state index contributed by atoms with van der Waals surface area (Å²) in [5, 5.41) is 6.15. The number of ether oxygens (including phenoxy) is 1. The average molecular weight is 233 g/mol. The van der Waals surface area contributed by atoms with Gasteiger partial charge in [-0.1, -0.05) is 15.9 Å². The van der Waals surface area contributed by atoms with Crippen LogP contribution in [0.4, 0.5) is 0 Å². The van der Waals surface area contributed by atoms with E-state index in [1.54, 1.807) is 6.07 Å². The highest BCUT2D eigenvalue weighted by molar-refractivity contribution is 9.09. The minimum absolute atomic E-state index is 0.171. The maximum Gasteiger partial charge on any atom is 0.356 e. The second-order valence-electron chi connectivity index (χ2n) is 2.35. The number of aromatic nitrogens is 2. The van der Waals surface area contributed by atoms with Gasteiger partial charge in [-0.15, -0.1) is 0 Å². The van der Waals surface area contributed by atoms with Crippen molar-refractivity contribution in [1.82, 2.24) is 10.2 Å². The van der Waals surface area contributed by atoms with Crippen molar-refractivity contribution >= 4 is 21.9 Å². The van der Waals surface area contributed by atoms with Gasteiger partial charge in [0.2, 0.25) is 0 Å². The van der Waals surface area contributed by atoms with Crippen LogP contribution in [-0.2, 0) is 4.74 Å². The molecule has 0 spiro atoms. The number of rotatable bonds is 3. The van der Waals surface area contributed by atoms with Crippen LogP contribution in [0, 0.1) is 0 Å². The van der Waals surface area contributed by atoms with E-state index in [-0.39, 0.29) is 10.8 Å². The standard InChI is InChI=1S/C7H9BrN2O2/c1-5(8)4-12-7(11)6-2-3-9-10-6/h2-3,5H,4H2,1H3,(H,9,10). The van der Waals surface area contributed by atoms with E-state index < -0.39 is 0 Å². The zero-order valence-electron chi connectivity index (χ0n) is 6.58. The average Bonchev–Trinajstić information content (AvgIpc) is 2.51. The minimum atomic E-state index is -0.376. The molecule has 0 bridgehead atoms. The van der Waals surface area contributed by atoms with E-state index in [9.17, 15) is 4.79 Å². The maximum atomic E-state index is 11.1. The molecule has 0 saturated carbocycles. The van der Waals surface area contributed by atoms with Crippen LogP contribution < -0.4 is 0 Å². The molecule has 4 nitrogen and oxygen atoms in total. The predicted octanol–water partition coefficient (Wildman–Crippen LogP) is 1.35. The number of hydrogen-bond acceptors (Lipinski definition) is 3. The molecule has 0 aliphatic rings. The first-order chi connectivity index (χ1) is 5.70. The number of carbonyl (C=O) groups is 1. The van der Waals surface area contributed by atoms with Gasteiger partial charge < -0.3 is 4.74 Å². The van der Waals surface area contributed by atoms with Crippen LogP contribution in [0.3, 0.4) is 0 Å². The summed E-state index contributed by atoms with van der Waals surface area (Å²) in [6.07, 6.45) is 1.51. The highest BCUT2D eigenvalue weighted by Gasteiger charge is 2.08. The number of halogens is 1. The summed E-state index contributed by atoms with van der Waals surface area (Å²) in [5.41, 5.74) is 0.378.